The Morgan fingerprint density at radius 1 is 1.18 bits per heavy atom. The van der Waals surface area contributed by atoms with Gasteiger partial charge in [0.25, 0.3) is 0 Å². The van der Waals surface area contributed by atoms with Crippen molar-refractivity contribution >= 4 is 6.29 Å². The molecule has 0 radical (unpaired) electrons. The van der Waals surface area contributed by atoms with Crippen molar-refractivity contribution in [1.29, 1.82) is 0 Å². The van der Waals surface area contributed by atoms with Gasteiger partial charge in [-0.25, -0.2) is 4.39 Å². The Hall–Kier alpha value is -3.16. The molecular weight excluding hydrogens is 376 g/mol. The molecule has 4 nitrogen and oxygen atoms in total. The molecule has 0 saturated heterocycles. The van der Waals surface area contributed by atoms with E-state index >= 15 is 0 Å². The first-order valence-corrected chi connectivity index (χ1v) is 8.37. The first-order valence-electron chi connectivity index (χ1n) is 8.37. The van der Waals surface area contributed by atoms with E-state index in [2.05, 4.69) is 10.2 Å². The number of nitrogens with zero attached hydrogens (tertiary/aromatic N) is 1. The highest BCUT2D eigenvalue weighted by molar-refractivity contribution is 5.63. The molecule has 0 aliphatic heterocycles. The lowest BCUT2D eigenvalue weighted by Gasteiger charge is -2.11. The van der Waals surface area contributed by atoms with E-state index in [4.69, 9.17) is 4.74 Å². The Balaban J connectivity index is 1.75. The predicted molar refractivity (Wildman–Crippen MR) is 94.2 cm³/mol. The molecule has 0 aliphatic carbocycles. The number of H-pyrrole nitrogens is 1. The van der Waals surface area contributed by atoms with Gasteiger partial charge in [0.15, 0.2) is 11.6 Å². The predicted octanol–water partition coefficient (Wildman–Crippen LogP) is 5.12. The molecule has 0 amide bonds. The molecule has 0 fully saturated rings. The molecule has 1 aromatic heterocycles. The summed E-state index contributed by atoms with van der Waals surface area (Å²) in [6.45, 7) is 1.62. The summed E-state index contributed by atoms with van der Waals surface area (Å²) in [7, 11) is 0. The summed E-state index contributed by atoms with van der Waals surface area (Å²) in [5.41, 5.74) is 1.33. The van der Waals surface area contributed by atoms with Gasteiger partial charge in [-0.1, -0.05) is 25.1 Å². The summed E-state index contributed by atoms with van der Waals surface area (Å²) in [6, 6.07) is 8.89. The number of halogens is 4. The molecule has 0 aliphatic rings. The molecule has 8 heteroatoms. The number of aldehydes is 1. The monoisotopic (exact) mass is 392 g/mol. The van der Waals surface area contributed by atoms with Crippen LogP contribution in [-0.4, -0.2) is 16.5 Å². The van der Waals surface area contributed by atoms with Crippen molar-refractivity contribution in [2.45, 2.75) is 25.6 Å². The number of hydrogen-bond acceptors (Lipinski definition) is 3. The summed E-state index contributed by atoms with van der Waals surface area (Å²) in [5.74, 6) is -1.03. The van der Waals surface area contributed by atoms with E-state index in [0.717, 1.165) is 18.4 Å². The number of carbonyl (C=O) groups is 1. The van der Waals surface area contributed by atoms with Crippen LogP contribution in [0.15, 0.2) is 48.7 Å². The summed E-state index contributed by atoms with van der Waals surface area (Å²) < 4.78 is 57.8. The van der Waals surface area contributed by atoms with Crippen LogP contribution in [-0.2, 0) is 17.6 Å². The van der Waals surface area contributed by atoms with Crippen molar-refractivity contribution in [3.8, 4) is 17.0 Å². The highest BCUT2D eigenvalue weighted by Gasteiger charge is 2.30. The quantitative estimate of drug-likeness (QED) is 0.468. The number of aromatic amines is 1. The second-order valence-corrected chi connectivity index (χ2v) is 6.25. The van der Waals surface area contributed by atoms with Crippen LogP contribution in [0.3, 0.4) is 0 Å². The molecule has 2 aromatic carbocycles. The molecule has 1 N–H and O–H groups in total. The maximum absolute atomic E-state index is 14.2. The highest BCUT2D eigenvalue weighted by atomic mass is 19.4. The third-order valence-corrected chi connectivity index (χ3v) is 4.29. The molecule has 0 bridgehead atoms. The maximum atomic E-state index is 14.2. The van der Waals surface area contributed by atoms with Crippen LogP contribution < -0.4 is 4.74 Å². The van der Waals surface area contributed by atoms with E-state index in [1.165, 1.54) is 30.5 Å². The van der Waals surface area contributed by atoms with Crippen LogP contribution in [0.25, 0.3) is 11.3 Å². The van der Waals surface area contributed by atoms with Gasteiger partial charge in [0, 0.05) is 11.5 Å². The minimum absolute atomic E-state index is 0.00131. The van der Waals surface area contributed by atoms with Crippen molar-refractivity contribution in [2.75, 3.05) is 0 Å². The number of hydrogen-bond donors (Lipinski definition) is 1. The van der Waals surface area contributed by atoms with Crippen LogP contribution in [0.5, 0.6) is 5.75 Å². The second kappa shape index (κ2) is 7.84. The fourth-order valence-electron chi connectivity index (χ4n) is 2.65. The Morgan fingerprint density at radius 3 is 2.50 bits per heavy atom. The van der Waals surface area contributed by atoms with Crippen molar-refractivity contribution in [1.82, 2.24) is 10.2 Å². The van der Waals surface area contributed by atoms with Gasteiger partial charge in [0.05, 0.1) is 17.5 Å². The smallest absolute Gasteiger partial charge is 0.416 e. The lowest BCUT2D eigenvalue weighted by Crippen LogP contribution is -2.04. The maximum Gasteiger partial charge on any atom is 0.416 e. The van der Waals surface area contributed by atoms with Crippen LogP contribution in [0, 0.1) is 5.82 Å². The normalized spacial score (nSPS) is 12.6. The lowest BCUT2D eigenvalue weighted by molar-refractivity contribution is -0.137. The number of carbonyl (C=O) groups excluding carboxylic acids is 1. The van der Waals surface area contributed by atoms with Gasteiger partial charge in [0.1, 0.15) is 12.9 Å². The van der Waals surface area contributed by atoms with Crippen molar-refractivity contribution in [2.24, 2.45) is 0 Å². The lowest BCUT2D eigenvalue weighted by atomic mass is 10.0. The van der Waals surface area contributed by atoms with E-state index in [9.17, 15) is 22.4 Å². The summed E-state index contributed by atoms with van der Waals surface area (Å²) in [5, 5.41) is 6.61. The SMILES string of the molecule is CC(C=O)c1ccc(OCc2cn[nH]c2-c2ccc(C(F)(F)F)cc2)c(F)c1. The number of alkyl halides is 3. The van der Waals surface area contributed by atoms with Crippen LogP contribution in [0.4, 0.5) is 17.6 Å². The van der Waals surface area contributed by atoms with Crippen molar-refractivity contribution in [3.05, 3.63) is 71.2 Å². The number of ether oxygens (including phenoxy) is 1. The standard InChI is InChI=1S/C20H16F4N2O2/c1-12(10-27)14-4-7-18(17(21)8-14)28-11-15-9-25-26-19(15)13-2-5-16(6-3-13)20(22,23)24/h2-10,12H,11H2,1H3,(H,25,26). The third-order valence-electron chi connectivity index (χ3n) is 4.29. The molecular formula is C20H16F4N2O2. The van der Waals surface area contributed by atoms with Gasteiger partial charge in [0.2, 0.25) is 0 Å². The Bertz CT molecular complexity index is 965. The number of nitrogens with one attached hydrogen (secondary N) is 1. The molecule has 146 valence electrons. The topological polar surface area (TPSA) is 55.0 Å². The van der Waals surface area contributed by atoms with Crippen LogP contribution in [0.2, 0.25) is 0 Å². The molecule has 3 rings (SSSR count). The van der Waals surface area contributed by atoms with E-state index in [0.29, 0.717) is 22.4 Å². The zero-order valence-corrected chi connectivity index (χ0v) is 14.8. The average Bonchev–Trinajstić information content (AvgIpc) is 3.14. The molecule has 0 saturated carbocycles. The minimum atomic E-state index is -4.41. The van der Waals surface area contributed by atoms with Gasteiger partial charge in [-0.3, -0.25) is 5.10 Å². The van der Waals surface area contributed by atoms with E-state index in [1.54, 1.807) is 13.0 Å². The molecule has 0 spiro atoms. The van der Waals surface area contributed by atoms with Gasteiger partial charge in [-0.2, -0.15) is 18.3 Å². The second-order valence-electron chi connectivity index (χ2n) is 6.25. The fourth-order valence-corrected chi connectivity index (χ4v) is 2.65. The van der Waals surface area contributed by atoms with Gasteiger partial charge < -0.3 is 9.53 Å². The Labute approximate surface area is 158 Å². The van der Waals surface area contributed by atoms with E-state index < -0.39 is 23.5 Å². The fraction of sp³-hybridized carbons (Fsp3) is 0.200. The molecule has 1 heterocycles. The number of benzene rings is 2. The summed E-state index contributed by atoms with van der Waals surface area (Å²) in [6.07, 6.45) is -2.23. The Morgan fingerprint density at radius 2 is 1.89 bits per heavy atom. The average molecular weight is 392 g/mol. The first kappa shape index (κ1) is 19.6. The van der Waals surface area contributed by atoms with E-state index in [1.807, 2.05) is 0 Å². The first-order chi connectivity index (χ1) is 13.3. The number of rotatable bonds is 6. The highest BCUT2D eigenvalue weighted by Crippen LogP contribution is 2.31. The summed E-state index contributed by atoms with van der Waals surface area (Å²) >= 11 is 0. The molecule has 1 atom stereocenters. The molecule has 28 heavy (non-hydrogen) atoms. The third kappa shape index (κ3) is 4.21. The zero-order valence-electron chi connectivity index (χ0n) is 14.8. The van der Waals surface area contributed by atoms with Crippen molar-refractivity contribution < 1.29 is 27.1 Å². The van der Waals surface area contributed by atoms with Gasteiger partial charge in [-0.05, 0) is 35.4 Å². The summed E-state index contributed by atoms with van der Waals surface area (Å²) in [4.78, 5) is 10.8. The van der Waals surface area contributed by atoms with E-state index in [-0.39, 0.29) is 12.4 Å². The van der Waals surface area contributed by atoms with Crippen molar-refractivity contribution in [3.63, 3.8) is 0 Å². The Kier molecular flexibility index (Phi) is 5.48. The zero-order chi connectivity index (χ0) is 20.3. The molecule has 1 unspecified atom stereocenters. The van der Waals surface area contributed by atoms with Gasteiger partial charge >= 0.3 is 6.18 Å². The van der Waals surface area contributed by atoms with Gasteiger partial charge in [-0.15, -0.1) is 0 Å². The largest absolute Gasteiger partial charge is 0.486 e. The molecule has 3 aromatic rings. The van der Waals surface area contributed by atoms with Crippen LogP contribution in [0.1, 0.15) is 29.5 Å². The van der Waals surface area contributed by atoms with Crippen LogP contribution >= 0.6 is 0 Å². The minimum Gasteiger partial charge on any atom is -0.486 e. The number of aromatic nitrogens is 2.